The van der Waals surface area contributed by atoms with Crippen LogP contribution in [-0.2, 0) is 22.5 Å². The van der Waals surface area contributed by atoms with Gasteiger partial charge in [-0.3, -0.25) is 9.69 Å². The molecule has 1 heterocycles. The third-order valence-electron chi connectivity index (χ3n) is 4.75. The largest absolute Gasteiger partial charge is 0.493 e. The molecular formula is C21H24N2O5. The minimum absolute atomic E-state index is 0.102. The fourth-order valence-electron chi connectivity index (χ4n) is 3.29. The van der Waals surface area contributed by atoms with E-state index in [1.165, 1.54) is 12.7 Å². The summed E-state index contributed by atoms with van der Waals surface area (Å²) in [5.74, 6) is 0.910. The number of hydrogen-bond donors (Lipinski definition) is 1. The maximum absolute atomic E-state index is 12.4. The van der Waals surface area contributed by atoms with E-state index >= 15 is 0 Å². The molecule has 3 rings (SSSR count). The number of ether oxygens (including phenoxy) is 3. The molecule has 1 N–H and O–H groups in total. The molecule has 1 aliphatic heterocycles. The second-order valence-corrected chi connectivity index (χ2v) is 6.55. The average molecular weight is 384 g/mol. The van der Waals surface area contributed by atoms with Crippen LogP contribution in [0.4, 0.5) is 5.69 Å². The van der Waals surface area contributed by atoms with E-state index in [0.29, 0.717) is 23.5 Å². The predicted molar refractivity (Wildman–Crippen MR) is 105 cm³/mol. The van der Waals surface area contributed by atoms with Gasteiger partial charge in [0, 0.05) is 18.8 Å². The number of nitrogens with zero attached hydrogens (tertiary/aromatic N) is 1. The zero-order valence-electron chi connectivity index (χ0n) is 16.3. The Balaban J connectivity index is 1.60. The van der Waals surface area contributed by atoms with Crippen LogP contribution in [0.1, 0.15) is 21.5 Å². The molecule has 7 nitrogen and oxygen atoms in total. The van der Waals surface area contributed by atoms with E-state index in [1.807, 2.05) is 12.1 Å². The Kier molecular flexibility index (Phi) is 6.16. The molecule has 2 aromatic rings. The van der Waals surface area contributed by atoms with Crippen molar-refractivity contribution in [1.82, 2.24) is 4.90 Å². The number of carbonyl (C=O) groups excluding carboxylic acids is 2. The molecule has 2 aromatic carbocycles. The van der Waals surface area contributed by atoms with E-state index < -0.39 is 5.97 Å². The van der Waals surface area contributed by atoms with Gasteiger partial charge in [0.15, 0.2) is 11.5 Å². The Morgan fingerprint density at radius 1 is 1.00 bits per heavy atom. The van der Waals surface area contributed by atoms with Crippen molar-refractivity contribution in [2.24, 2.45) is 0 Å². The number of esters is 1. The zero-order valence-corrected chi connectivity index (χ0v) is 16.3. The average Bonchev–Trinajstić information content (AvgIpc) is 2.72. The number of hydrogen-bond acceptors (Lipinski definition) is 6. The summed E-state index contributed by atoms with van der Waals surface area (Å²) in [4.78, 5) is 26.0. The minimum atomic E-state index is -0.406. The predicted octanol–water partition coefficient (Wildman–Crippen LogP) is 2.49. The topological polar surface area (TPSA) is 77.1 Å². The molecule has 148 valence electrons. The van der Waals surface area contributed by atoms with E-state index in [4.69, 9.17) is 9.47 Å². The third kappa shape index (κ3) is 4.43. The van der Waals surface area contributed by atoms with Crippen LogP contribution in [0.25, 0.3) is 0 Å². The Bertz CT molecular complexity index is 864. The molecule has 0 saturated heterocycles. The van der Waals surface area contributed by atoms with Crippen LogP contribution in [0.3, 0.4) is 0 Å². The monoisotopic (exact) mass is 384 g/mol. The van der Waals surface area contributed by atoms with E-state index in [1.54, 1.807) is 38.5 Å². The van der Waals surface area contributed by atoms with Crippen molar-refractivity contribution in [3.8, 4) is 11.5 Å². The van der Waals surface area contributed by atoms with Gasteiger partial charge in [0.1, 0.15) is 0 Å². The Morgan fingerprint density at radius 3 is 2.25 bits per heavy atom. The van der Waals surface area contributed by atoms with Crippen molar-refractivity contribution < 1.29 is 23.8 Å². The van der Waals surface area contributed by atoms with Gasteiger partial charge in [-0.15, -0.1) is 0 Å². The molecule has 0 fully saturated rings. The fourth-order valence-corrected chi connectivity index (χ4v) is 3.29. The summed E-state index contributed by atoms with van der Waals surface area (Å²) in [6, 6.07) is 10.6. The molecule has 0 bridgehead atoms. The number of nitrogens with one attached hydrogen (secondary N) is 1. The summed E-state index contributed by atoms with van der Waals surface area (Å²) in [5.41, 5.74) is 3.44. The third-order valence-corrected chi connectivity index (χ3v) is 4.75. The summed E-state index contributed by atoms with van der Waals surface area (Å²) in [5, 5.41) is 2.86. The molecule has 1 aliphatic rings. The molecular weight excluding hydrogens is 360 g/mol. The minimum Gasteiger partial charge on any atom is -0.493 e. The summed E-state index contributed by atoms with van der Waals surface area (Å²) in [6.07, 6.45) is 0.844. The summed E-state index contributed by atoms with van der Waals surface area (Å²) >= 11 is 0. The van der Waals surface area contributed by atoms with Crippen molar-refractivity contribution in [2.45, 2.75) is 13.0 Å². The second-order valence-electron chi connectivity index (χ2n) is 6.55. The first-order valence-corrected chi connectivity index (χ1v) is 8.98. The van der Waals surface area contributed by atoms with E-state index in [2.05, 4.69) is 15.0 Å². The maximum Gasteiger partial charge on any atom is 0.337 e. The van der Waals surface area contributed by atoms with Crippen LogP contribution >= 0.6 is 0 Å². The molecule has 0 aromatic heterocycles. The Labute approximate surface area is 164 Å². The van der Waals surface area contributed by atoms with Crippen molar-refractivity contribution in [2.75, 3.05) is 39.7 Å². The molecule has 0 radical (unpaired) electrons. The van der Waals surface area contributed by atoms with Gasteiger partial charge in [0.2, 0.25) is 5.91 Å². The first kappa shape index (κ1) is 19.7. The highest BCUT2D eigenvalue weighted by Crippen LogP contribution is 2.33. The molecule has 0 atom stereocenters. The standard InChI is InChI=1S/C21H24N2O5/c1-26-18-10-15-8-9-23(12-16(15)11-19(18)27-2)13-20(24)22-17-6-4-14(5-7-17)21(25)28-3/h4-7,10-11H,8-9,12-13H2,1-3H3,(H,22,24). The van der Waals surface area contributed by atoms with Crippen LogP contribution in [0.15, 0.2) is 36.4 Å². The highest BCUT2D eigenvalue weighted by molar-refractivity contribution is 5.94. The van der Waals surface area contributed by atoms with Crippen LogP contribution < -0.4 is 14.8 Å². The first-order valence-electron chi connectivity index (χ1n) is 8.98. The number of rotatable bonds is 6. The lowest BCUT2D eigenvalue weighted by Gasteiger charge is -2.29. The molecule has 0 unspecified atom stereocenters. The first-order chi connectivity index (χ1) is 13.5. The van der Waals surface area contributed by atoms with Gasteiger partial charge in [-0.2, -0.15) is 0 Å². The molecule has 0 aliphatic carbocycles. The SMILES string of the molecule is COC(=O)c1ccc(NC(=O)CN2CCc3cc(OC)c(OC)cc3C2)cc1. The van der Waals surface area contributed by atoms with Crippen molar-refractivity contribution >= 4 is 17.6 Å². The highest BCUT2D eigenvalue weighted by atomic mass is 16.5. The van der Waals surface area contributed by atoms with E-state index in [9.17, 15) is 9.59 Å². The molecule has 28 heavy (non-hydrogen) atoms. The van der Waals surface area contributed by atoms with Crippen molar-refractivity contribution in [1.29, 1.82) is 0 Å². The second kappa shape index (κ2) is 8.75. The van der Waals surface area contributed by atoms with Gasteiger partial charge < -0.3 is 19.5 Å². The van der Waals surface area contributed by atoms with E-state index in [0.717, 1.165) is 24.3 Å². The molecule has 0 saturated carbocycles. The van der Waals surface area contributed by atoms with Crippen molar-refractivity contribution in [3.05, 3.63) is 53.1 Å². The summed E-state index contributed by atoms with van der Waals surface area (Å²) in [6.45, 7) is 1.74. The highest BCUT2D eigenvalue weighted by Gasteiger charge is 2.21. The van der Waals surface area contributed by atoms with Crippen molar-refractivity contribution in [3.63, 3.8) is 0 Å². The van der Waals surface area contributed by atoms with Crippen LogP contribution in [0, 0.1) is 0 Å². The van der Waals surface area contributed by atoms with Crippen LogP contribution in [-0.4, -0.2) is 51.2 Å². The summed E-state index contributed by atoms with van der Waals surface area (Å²) in [7, 11) is 4.58. The number of carbonyl (C=O) groups is 2. The number of anilines is 1. The number of benzene rings is 2. The fraction of sp³-hybridized carbons (Fsp3) is 0.333. The molecule has 0 spiro atoms. The number of amides is 1. The summed E-state index contributed by atoms with van der Waals surface area (Å²) < 4.78 is 15.4. The Hall–Kier alpha value is -3.06. The number of fused-ring (bicyclic) bond motifs is 1. The van der Waals surface area contributed by atoms with Gasteiger partial charge in [-0.25, -0.2) is 4.79 Å². The van der Waals surface area contributed by atoms with Gasteiger partial charge in [0.05, 0.1) is 33.4 Å². The smallest absolute Gasteiger partial charge is 0.337 e. The zero-order chi connectivity index (χ0) is 20.1. The lowest BCUT2D eigenvalue weighted by Crippen LogP contribution is -2.37. The van der Waals surface area contributed by atoms with Gasteiger partial charge in [0.25, 0.3) is 0 Å². The van der Waals surface area contributed by atoms with Gasteiger partial charge >= 0.3 is 5.97 Å². The van der Waals surface area contributed by atoms with E-state index in [-0.39, 0.29) is 12.5 Å². The normalized spacial score (nSPS) is 13.4. The lowest BCUT2D eigenvalue weighted by atomic mass is 9.99. The van der Waals surface area contributed by atoms with Gasteiger partial charge in [-0.1, -0.05) is 0 Å². The van der Waals surface area contributed by atoms with Crippen LogP contribution in [0.5, 0.6) is 11.5 Å². The lowest BCUT2D eigenvalue weighted by molar-refractivity contribution is -0.117. The molecule has 1 amide bonds. The van der Waals surface area contributed by atoms with Gasteiger partial charge in [-0.05, 0) is 53.9 Å². The maximum atomic E-state index is 12.4. The quantitative estimate of drug-likeness (QED) is 0.771. The van der Waals surface area contributed by atoms with Crippen LogP contribution in [0.2, 0.25) is 0 Å². The Morgan fingerprint density at radius 2 is 1.64 bits per heavy atom. The molecule has 7 heteroatoms. The number of methoxy groups -OCH3 is 3.